The Labute approximate surface area is 111 Å². The molecular formula is C16H25NO. The lowest BCUT2D eigenvalue weighted by Crippen LogP contribution is -2.39. The minimum Gasteiger partial charge on any atom is -0.497 e. The summed E-state index contributed by atoms with van der Waals surface area (Å²) in [7, 11) is 1.72. The smallest absolute Gasteiger partial charge is 0.118 e. The number of rotatable bonds is 6. The lowest BCUT2D eigenvalue weighted by Gasteiger charge is -2.29. The quantitative estimate of drug-likeness (QED) is 0.830. The largest absolute Gasteiger partial charge is 0.497 e. The van der Waals surface area contributed by atoms with Crippen molar-refractivity contribution in [3.63, 3.8) is 0 Å². The fraction of sp³-hybridized carbons (Fsp3) is 0.625. The van der Waals surface area contributed by atoms with Crippen molar-refractivity contribution in [1.29, 1.82) is 0 Å². The van der Waals surface area contributed by atoms with Gasteiger partial charge in [0.2, 0.25) is 0 Å². The zero-order valence-corrected chi connectivity index (χ0v) is 11.7. The Morgan fingerprint density at radius 1 is 1.22 bits per heavy atom. The molecule has 2 rings (SSSR count). The Balaban J connectivity index is 1.92. The maximum atomic E-state index is 5.19. The molecule has 0 aliphatic carbocycles. The number of hydrogen-bond acceptors (Lipinski definition) is 2. The normalized spacial score (nSPS) is 23.2. The van der Waals surface area contributed by atoms with Crippen LogP contribution >= 0.6 is 0 Å². The second kappa shape index (κ2) is 6.24. The molecular weight excluding hydrogens is 222 g/mol. The van der Waals surface area contributed by atoms with Crippen molar-refractivity contribution in [3.05, 3.63) is 29.8 Å². The van der Waals surface area contributed by atoms with E-state index in [1.54, 1.807) is 7.11 Å². The first-order valence-corrected chi connectivity index (χ1v) is 7.16. The molecule has 1 aliphatic rings. The molecule has 0 saturated carbocycles. The summed E-state index contributed by atoms with van der Waals surface area (Å²) < 4.78 is 5.19. The van der Waals surface area contributed by atoms with Crippen LogP contribution in [0.2, 0.25) is 0 Å². The number of benzene rings is 1. The fourth-order valence-electron chi connectivity index (χ4n) is 3.07. The van der Waals surface area contributed by atoms with Crippen molar-refractivity contribution in [2.75, 3.05) is 13.7 Å². The van der Waals surface area contributed by atoms with Gasteiger partial charge in [0.1, 0.15) is 5.75 Å². The third-order valence-corrected chi connectivity index (χ3v) is 4.11. The average Bonchev–Trinajstić information content (AvgIpc) is 2.87. The van der Waals surface area contributed by atoms with Crippen molar-refractivity contribution in [1.82, 2.24) is 5.32 Å². The van der Waals surface area contributed by atoms with Gasteiger partial charge < -0.3 is 10.1 Å². The highest BCUT2D eigenvalue weighted by molar-refractivity contribution is 5.27. The minimum atomic E-state index is 0.411. The highest BCUT2D eigenvalue weighted by Gasteiger charge is 2.31. The van der Waals surface area contributed by atoms with Crippen LogP contribution < -0.4 is 10.1 Å². The van der Waals surface area contributed by atoms with Gasteiger partial charge in [0.15, 0.2) is 0 Å². The van der Waals surface area contributed by atoms with Gasteiger partial charge in [0, 0.05) is 5.54 Å². The van der Waals surface area contributed by atoms with Crippen LogP contribution in [0, 0.1) is 0 Å². The predicted octanol–water partition coefficient (Wildman–Crippen LogP) is 3.55. The van der Waals surface area contributed by atoms with Gasteiger partial charge in [-0.25, -0.2) is 0 Å². The molecule has 1 N–H and O–H groups in total. The van der Waals surface area contributed by atoms with Gasteiger partial charge in [-0.1, -0.05) is 25.5 Å². The zero-order valence-electron chi connectivity index (χ0n) is 11.7. The van der Waals surface area contributed by atoms with Crippen LogP contribution in [0.15, 0.2) is 24.3 Å². The van der Waals surface area contributed by atoms with Crippen LogP contribution in [-0.4, -0.2) is 19.2 Å². The van der Waals surface area contributed by atoms with Crippen LogP contribution in [0.5, 0.6) is 5.75 Å². The van der Waals surface area contributed by atoms with Crippen molar-refractivity contribution in [3.8, 4) is 5.75 Å². The van der Waals surface area contributed by atoms with Crippen LogP contribution in [0.25, 0.3) is 0 Å². The topological polar surface area (TPSA) is 21.3 Å². The number of hydrogen-bond donors (Lipinski definition) is 1. The second-order valence-electron chi connectivity index (χ2n) is 5.41. The highest BCUT2D eigenvalue weighted by atomic mass is 16.5. The van der Waals surface area contributed by atoms with Crippen LogP contribution in [0.3, 0.4) is 0 Å². The molecule has 0 radical (unpaired) electrons. The summed E-state index contributed by atoms with van der Waals surface area (Å²) in [5.74, 6) is 0.945. The molecule has 0 spiro atoms. The summed E-state index contributed by atoms with van der Waals surface area (Å²) in [6.07, 6.45) is 7.68. The van der Waals surface area contributed by atoms with Crippen molar-refractivity contribution in [2.45, 2.75) is 51.0 Å². The summed E-state index contributed by atoms with van der Waals surface area (Å²) in [6.45, 7) is 3.48. The van der Waals surface area contributed by atoms with Gasteiger partial charge in [-0.3, -0.25) is 0 Å². The number of aryl methyl sites for hydroxylation is 1. The van der Waals surface area contributed by atoms with E-state index in [4.69, 9.17) is 4.74 Å². The van der Waals surface area contributed by atoms with E-state index >= 15 is 0 Å². The maximum Gasteiger partial charge on any atom is 0.118 e. The van der Waals surface area contributed by atoms with Crippen LogP contribution in [0.1, 0.15) is 44.6 Å². The summed E-state index contributed by atoms with van der Waals surface area (Å²) >= 11 is 0. The van der Waals surface area contributed by atoms with Gasteiger partial charge in [0.25, 0.3) is 0 Å². The first-order valence-electron chi connectivity index (χ1n) is 7.16. The van der Waals surface area contributed by atoms with E-state index in [0.29, 0.717) is 5.54 Å². The fourth-order valence-corrected chi connectivity index (χ4v) is 3.07. The Morgan fingerprint density at radius 2 is 2.00 bits per heavy atom. The summed E-state index contributed by atoms with van der Waals surface area (Å²) in [5, 5.41) is 3.74. The van der Waals surface area contributed by atoms with Gasteiger partial charge in [-0.2, -0.15) is 0 Å². The van der Waals surface area contributed by atoms with E-state index in [9.17, 15) is 0 Å². The molecule has 2 nitrogen and oxygen atoms in total. The summed E-state index contributed by atoms with van der Waals surface area (Å²) in [4.78, 5) is 0. The molecule has 1 unspecified atom stereocenters. The third kappa shape index (κ3) is 3.26. The molecule has 1 fully saturated rings. The Morgan fingerprint density at radius 3 is 2.56 bits per heavy atom. The average molecular weight is 247 g/mol. The molecule has 0 bridgehead atoms. The molecule has 1 aromatic rings. The molecule has 1 saturated heterocycles. The highest BCUT2D eigenvalue weighted by Crippen LogP contribution is 2.29. The molecule has 100 valence electrons. The van der Waals surface area contributed by atoms with E-state index in [2.05, 4.69) is 36.5 Å². The van der Waals surface area contributed by atoms with Crippen LogP contribution in [-0.2, 0) is 6.42 Å². The molecule has 0 aromatic heterocycles. The number of nitrogens with one attached hydrogen (secondary N) is 1. The van der Waals surface area contributed by atoms with Gasteiger partial charge in [-0.15, -0.1) is 0 Å². The Bertz CT molecular complexity index is 352. The van der Waals surface area contributed by atoms with E-state index in [1.807, 2.05) is 0 Å². The molecule has 1 heterocycles. The molecule has 2 heteroatoms. The monoisotopic (exact) mass is 247 g/mol. The molecule has 1 atom stereocenters. The Kier molecular flexibility index (Phi) is 4.65. The van der Waals surface area contributed by atoms with Crippen molar-refractivity contribution < 1.29 is 4.74 Å². The van der Waals surface area contributed by atoms with E-state index in [-0.39, 0.29) is 0 Å². The predicted molar refractivity (Wildman–Crippen MR) is 76.2 cm³/mol. The standard InChI is InChI=1S/C16H25NO/c1-3-10-16(11-4-13-17-16)12-9-14-5-7-15(18-2)8-6-14/h5-8,17H,3-4,9-13H2,1-2H3. The molecule has 1 aliphatic heterocycles. The first kappa shape index (κ1) is 13.4. The lowest BCUT2D eigenvalue weighted by atomic mass is 9.86. The number of ether oxygens (including phenoxy) is 1. The van der Waals surface area contributed by atoms with Gasteiger partial charge in [0.05, 0.1) is 7.11 Å². The second-order valence-corrected chi connectivity index (χ2v) is 5.41. The van der Waals surface area contributed by atoms with Gasteiger partial charge in [-0.05, 0) is 56.3 Å². The van der Waals surface area contributed by atoms with E-state index in [1.165, 1.54) is 44.2 Å². The van der Waals surface area contributed by atoms with Crippen molar-refractivity contribution >= 4 is 0 Å². The summed E-state index contributed by atoms with van der Waals surface area (Å²) in [5.41, 5.74) is 1.83. The Hall–Kier alpha value is -1.02. The minimum absolute atomic E-state index is 0.411. The molecule has 1 aromatic carbocycles. The van der Waals surface area contributed by atoms with Gasteiger partial charge >= 0.3 is 0 Å². The van der Waals surface area contributed by atoms with E-state index < -0.39 is 0 Å². The zero-order chi connectivity index (χ0) is 12.8. The number of methoxy groups -OCH3 is 1. The SMILES string of the molecule is CCCC1(CCc2ccc(OC)cc2)CCCN1. The maximum absolute atomic E-state index is 5.19. The van der Waals surface area contributed by atoms with Crippen LogP contribution in [0.4, 0.5) is 0 Å². The first-order chi connectivity index (χ1) is 8.78. The lowest BCUT2D eigenvalue weighted by molar-refractivity contribution is 0.320. The molecule has 18 heavy (non-hydrogen) atoms. The van der Waals surface area contributed by atoms with E-state index in [0.717, 1.165) is 12.2 Å². The molecule has 0 amide bonds. The third-order valence-electron chi connectivity index (χ3n) is 4.11. The summed E-state index contributed by atoms with van der Waals surface area (Å²) in [6, 6.07) is 8.49. The van der Waals surface area contributed by atoms with Crippen molar-refractivity contribution in [2.24, 2.45) is 0 Å².